The fraction of sp³-hybridized carbons (Fsp3) is 0.200. The van der Waals surface area contributed by atoms with E-state index < -0.39 is 11.2 Å². The van der Waals surface area contributed by atoms with Gasteiger partial charge in [0.2, 0.25) is 0 Å². The van der Waals surface area contributed by atoms with Gasteiger partial charge in [0.05, 0.1) is 0 Å². The van der Waals surface area contributed by atoms with Crippen molar-refractivity contribution in [1.82, 2.24) is 0 Å². The molecule has 0 aliphatic heterocycles. The topological polar surface area (TPSA) is 23.1 Å². The Balaban J connectivity index is 2.58. The Morgan fingerprint density at radius 2 is 2.00 bits per heavy atom. The summed E-state index contributed by atoms with van der Waals surface area (Å²) in [6.07, 6.45) is 1.89. The largest absolute Gasteiger partial charge is 0.612 e. The molecule has 0 bridgehead atoms. The first kappa shape index (κ1) is 9.36. The number of hydrogen-bond donors (Lipinski definition) is 0. The monoisotopic (exact) mass is 180 g/mol. The second-order valence-electron chi connectivity index (χ2n) is 2.38. The van der Waals surface area contributed by atoms with E-state index in [-0.39, 0.29) is 0 Å². The van der Waals surface area contributed by atoms with E-state index in [1.165, 1.54) is 0 Å². The van der Waals surface area contributed by atoms with Crippen LogP contribution in [0.4, 0.5) is 0 Å². The highest BCUT2D eigenvalue weighted by molar-refractivity contribution is 7.94. The third-order valence-corrected chi connectivity index (χ3v) is 2.51. The Morgan fingerprint density at radius 3 is 2.58 bits per heavy atom. The van der Waals surface area contributed by atoms with Crippen LogP contribution in [0.2, 0.25) is 0 Å². The van der Waals surface area contributed by atoms with Crippen LogP contribution in [0.1, 0.15) is 12.5 Å². The average molecular weight is 180 g/mol. The third kappa shape index (κ3) is 3.11. The summed E-state index contributed by atoms with van der Waals surface area (Å²) in [6.45, 7) is 1.91. The van der Waals surface area contributed by atoms with Crippen LogP contribution in [-0.4, -0.2) is 10.3 Å². The van der Waals surface area contributed by atoms with E-state index in [9.17, 15) is 4.55 Å². The van der Waals surface area contributed by atoms with Crippen molar-refractivity contribution >= 4 is 17.3 Å². The molecule has 0 spiro atoms. The minimum Gasteiger partial charge on any atom is -0.612 e. The number of benzene rings is 1. The zero-order valence-electron chi connectivity index (χ0n) is 7.07. The lowest BCUT2D eigenvalue weighted by Crippen LogP contribution is -1.96. The minimum absolute atomic E-state index is 0.684. The maximum atomic E-state index is 11.0. The van der Waals surface area contributed by atoms with Gasteiger partial charge in [-0.1, -0.05) is 30.3 Å². The van der Waals surface area contributed by atoms with Crippen LogP contribution in [0, 0.1) is 0 Å². The molecule has 0 heterocycles. The summed E-state index contributed by atoms with van der Waals surface area (Å²) in [7, 11) is 0. The van der Waals surface area contributed by atoms with Crippen LogP contribution in [0.25, 0.3) is 6.08 Å². The van der Waals surface area contributed by atoms with Gasteiger partial charge >= 0.3 is 0 Å². The second kappa shape index (κ2) is 5.01. The molecular formula is C10H12OS. The van der Waals surface area contributed by atoms with Gasteiger partial charge < -0.3 is 4.55 Å². The van der Waals surface area contributed by atoms with Crippen molar-refractivity contribution in [3.05, 3.63) is 41.3 Å². The predicted octanol–water partition coefficient (Wildman–Crippen LogP) is 2.43. The zero-order valence-corrected chi connectivity index (χ0v) is 7.88. The van der Waals surface area contributed by atoms with Gasteiger partial charge in [0, 0.05) is 0 Å². The molecule has 0 saturated heterocycles. The van der Waals surface area contributed by atoms with Crippen LogP contribution in [-0.2, 0) is 11.2 Å². The van der Waals surface area contributed by atoms with E-state index in [2.05, 4.69) is 0 Å². The summed E-state index contributed by atoms with van der Waals surface area (Å²) < 4.78 is 11.0. The molecule has 1 unspecified atom stereocenters. The van der Waals surface area contributed by atoms with Crippen molar-refractivity contribution in [2.75, 3.05) is 5.75 Å². The van der Waals surface area contributed by atoms with Gasteiger partial charge in [0.15, 0.2) is 0 Å². The molecule has 0 amide bonds. The smallest absolute Gasteiger partial charge is 0.117 e. The molecule has 1 aromatic carbocycles. The SMILES string of the molecule is CC[S+]([O-])/C=C/c1ccccc1. The molecule has 0 fully saturated rings. The highest BCUT2D eigenvalue weighted by Gasteiger charge is 1.93. The van der Waals surface area contributed by atoms with Crippen LogP contribution < -0.4 is 0 Å². The molecule has 1 aromatic rings. The van der Waals surface area contributed by atoms with Gasteiger partial charge in [-0.3, -0.25) is 0 Å². The number of hydrogen-bond acceptors (Lipinski definition) is 1. The molecule has 64 valence electrons. The average Bonchev–Trinajstić information content (AvgIpc) is 2.16. The lowest BCUT2D eigenvalue weighted by molar-refractivity contribution is 0.605. The predicted molar refractivity (Wildman–Crippen MR) is 54.2 cm³/mol. The summed E-state index contributed by atoms with van der Waals surface area (Å²) >= 11 is -0.808. The van der Waals surface area contributed by atoms with Crippen LogP contribution >= 0.6 is 0 Å². The molecule has 0 aliphatic carbocycles. The Labute approximate surface area is 76.3 Å². The highest BCUT2D eigenvalue weighted by Crippen LogP contribution is 2.03. The standard InChI is InChI=1S/C10H12OS/c1-2-12(11)9-8-10-6-4-3-5-7-10/h3-9H,2H2,1H3/b9-8+. The van der Waals surface area contributed by atoms with Crippen LogP contribution in [0.15, 0.2) is 35.7 Å². The van der Waals surface area contributed by atoms with Crippen molar-refractivity contribution in [3.63, 3.8) is 0 Å². The van der Waals surface area contributed by atoms with Crippen LogP contribution in [0.5, 0.6) is 0 Å². The van der Waals surface area contributed by atoms with Gasteiger partial charge in [-0.2, -0.15) is 0 Å². The van der Waals surface area contributed by atoms with Crippen molar-refractivity contribution < 1.29 is 4.55 Å². The van der Waals surface area contributed by atoms with E-state index in [0.29, 0.717) is 5.75 Å². The lowest BCUT2D eigenvalue weighted by atomic mass is 10.2. The quantitative estimate of drug-likeness (QED) is 0.655. The van der Waals surface area contributed by atoms with Crippen molar-refractivity contribution in [1.29, 1.82) is 0 Å². The Hall–Kier alpha value is -0.730. The highest BCUT2D eigenvalue weighted by atomic mass is 32.2. The van der Waals surface area contributed by atoms with E-state index in [0.717, 1.165) is 5.56 Å². The maximum absolute atomic E-state index is 11.0. The lowest BCUT2D eigenvalue weighted by Gasteiger charge is -1.99. The Bertz CT molecular complexity index is 243. The third-order valence-electron chi connectivity index (χ3n) is 1.50. The maximum Gasteiger partial charge on any atom is 0.117 e. The first-order chi connectivity index (χ1) is 5.83. The molecule has 1 nitrogen and oxygen atoms in total. The summed E-state index contributed by atoms with van der Waals surface area (Å²) in [4.78, 5) is 0. The first-order valence-electron chi connectivity index (χ1n) is 3.93. The second-order valence-corrected chi connectivity index (χ2v) is 3.99. The molecule has 0 aromatic heterocycles. The summed E-state index contributed by atoms with van der Waals surface area (Å²) in [5.74, 6) is 0.684. The summed E-state index contributed by atoms with van der Waals surface area (Å²) in [6, 6.07) is 9.88. The van der Waals surface area contributed by atoms with Gasteiger partial charge in [-0.25, -0.2) is 0 Å². The molecular weight excluding hydrogens is 168 g/mol. The van der Waals surface area contributed by atoms with E-state index in [1.54, 1.807) is 5.41 Å². The molecule has 2 heteroatoms. The fourth-order valence-electron chi connectivity index (χ4n) is 0.815. The van der Waals surface area contributed by atoms with Crippen molar-refractivity contribution in [2.45, 2.75) is 6.92 Å². The van der Waals surface area contributed by atoms with E-state index >= 15 is 0 Å². The molecule has 1 atom stereocenters. The molecule has 1 rings (SSSR count). The van der Waals surface area contributed by atoms with Crippen LogP contribution in [0.3, 0.4) is 0 Å². The first-order valence-corrected chi connectivity index (χ1v) is 5.31. The van der Waals surface area contributed by atoms with Gasteiger partial charge in [0.1, 0.15) is 11.2 Å². The Morgan fingerprint density at radius 1 is 1.33 bits per heavy atom. The molecule has 0 N–H and O–H groups in total. The fourth-order valence-corrected chi connectivity index (χ4v) is 1.32. The normalized spacial score (nSPS) is 13.5. The molecule has 0 saturated carbocycles. The van der Waals surface area contributed by atoms with Gasteiger partial charge in [0.25, 0.3) is 0 Å². The van der Waals surface area contributed by atoms with Gasteiger partial charge in [-0.05, 0) is 29.7 Å². The minimum atomic E-state index is -0.808. The van der Waals surface area contributed by atoms with Crippen molar-refractivity contribution in [3.8, 4) is 0 Å². The van der Waals surface area contributed by atoms with E-state index in [1.807, 2.05) is 43.3 Å². The summed E-state index contributed by atoms with van der Waals surface area (Å²) in [5.41, 5.74) is 1.10. The molecule has 0 aliphatic rings. The van der Waals surface area contributed by atoms with E-state index in [4.69, 9.17) is 0 Å². The number of rotatable bonds is 3. The Kier molecular flexibility index (Phi) is 3.91. The van der Waals surface area contributed by atoms with Gasteiger partial charge in [-0.15, -0.1) is 0 Å². The molecule has 12 heavy (non-hydrogen) atoms. The molecule has 0 radical (unpaired) electrons. The summed E-state index contributed by atoms with van der Waals surface area (Å²) in [5, 5.41) is 1.73. The zero-order chi connectivity index (χ0) is 8.81. The van der Waals surface area contributed by atoms with Crippen molar-refractivity contribution in [2.24, 2.45) is 0 Å².